The monoisotopic (exact) mass is 241 g/mol. The number of carbonyl (C=O) groups excluding carboxylic acids is 1. The molecule has 0 aliphatic rings. The third kappa shape index (κ3) is 2.10. The molecule has 0 radical (unpaired) electrons. The van der Waals surface area contributed by atoms with E-state index >= 15 is 0 Å². The predicted octanol–water partition coefficient (Wildman–Crippen LogP) is 2.43. The van der Waals surface area contributed by atoms with Crippen molar-refractivity contribution in [3.8, 4) is 0 Å². The van der Waals surface area contributed by atoms with Crippen molar-refractivity contribution in [3.63, 3.8) is 0 Å². The van der Waals surface area contributed by atoms with E-state index in [0.717, 1.165) is 21.2 Å². The highest BCUT2D eigenvalue weighted by molar-refractivity contribution is 9.10. The molecule has 3 heteroatoms. The number of hydrogen-bond donors (Lipinski definition) is 1. The SMILES string of the molecule is CNC(=O)c1c(C)cc(Br)cc1C. The van der Waals surface area contributed by atoms with E-state index in [0.29, 0.717) is 0 Å². The van der Waals surface area contributed by atoms with Gasteiger partial charge in [0.05, 0.1) is 0 Å². The van der Waals surface area contributed by atoms with Gasteiger partial charge in [0.15, 0.2) is 0 Å². The second-order valence-electron chi connectivity index (χ2n) is 2.99. The van der Waals surface area contributed by atoms with E-state index < -0.39 is 0 Å². The van der Waals surface area contributed by atoms with E-state index in [4.69, 9.17) is 0 Å². The summed E-state index contributed by atoms with van der Waals surface area (Å²) in [6.45, 7) is 3.87. The molecule has 0 saturated carbocycles. The first kappa shape index (κ1) is 10.3. The molecule has 0 heterocycles. The molecule has 2 nitrogen and oxygen atoms in total. The largest absolute Gasteiger partial charge is 0.355 e. The van der Waals surface area contributed by atoms with Gasteiger partial charge in [0.2, 0.25) is 0 Å². The molecule has 70 valence electrons. The second kappa shape index (κ2) is 3.92. The first-order valence-electron chi connectivity index (χ1n) is 4.05. The maximum Gasteiger partial charge on any atom is 0.251 e. The summed E-state index contributed by atoms with van der Waals surface area (Å²) in [5.41, 5.74) is 2.75. The topological polar surface area (TPSA) is 29.1 Å². The number of hydrogen-bond acceptors (Lipinski definition) is 1. The molecule has 0 aliphatic heterocycles. The van der Waals surface area contributed by atoms with Crippen LogP contribution < -0.4 is 5.32 Å². The van der Waals surface area contributed by atoms with Gasteiger partial charge in [-0.15, -0.1) is 0 Å². The van der Waals surface area contributed by atoms with Gasteiger partial charge in [0.25, 0.3) is 5.91 Å². The average molecular weight is 242 g/mol. The van der Waals surface area contributed by atoms with Gasteiger partial charge in [-0.05, 0) is 37.1 Å². The average Bonchev–Trinajstić information content (AvgIpc) is 2.02. The highest BCUT2D eigenvalue weighted by Gasteiger charge is 2.10. The van der Waals surface area contributed by atoms with Crippen molar-refractivity contribution in [1.29, 1.82) is 0 Å². The van der Waals surface area contributed by atoms with Gasteiger partial charge in [-0.3, -0.25) is 4.79 Å². The summed E-state index contributed by atoms with van der Waals surface area (Å²) in [4.78, 5) is 11.4. The van der Waals surface area contributed by atoms with Crippen LogP contribution in [0.15, 0.2) is 16.6 Å². The Morgan fingerprint density at radius 2 is 1.77 bits per heavy atom. The van der Waals surface area contributed by atoms with Gasteiger partial charge in [-0.25, -0.2) is 0 Å². The van der Waals surface area contributed by atoms with Crippen LogP contribution in [0, 0.1) is 13.8 Å². The molecule has 1 rings (SSSR count). The molecule has 0 bridgehead atoms. The maximum absolute atomic E-state index is 11.4. The molecule has 0 unspecified atom stereocenters. The molecule has 0 saturated heterocycles. The zero-order valence-corrected chi connectivity index (χ0v) is 9.53. The van der Waals surface area contributed by atoms with Gasteiger partial charge in [-0.1, -0.05) is 15.9 Å². The summed E-state index contributed by atoms with van der Waals surface area (Å²) >= 11 is 3.39. The minimum atomic E-state index is -0.0255. The van der Waals surface area contributed by atoms with Crippen LogP contribution in [-0.4, -0.2) is 13.0 Å². The number of carbonyl (C=O) groups is 1. The molecule has 13 heavy (non-hydrogen) atoms. The summed E-state index contributed by atoms with van der Waals surface area (Å²) in [6, 6.07) is 3.88. The Hall–Kier alpha value is -0.830. The number of amides is 1. The molecule has 0 spiro atoms. The second-order valence-corrected chi connectivity index (χ2v) is 3.91. The van der Waals surface area contributed by atoms with Crippen LogP contribution >= 0.6 is 15.9 Å². The van der Waals surface area contributed by atoms with E-state index in [1.165, 1.54) is 0 Å². The summed E-state index contributed by atoms with van der Waals surface area (Å²) in [5.74, 6) is -0.0255. The smallest absolute Gasteiger partial charge is 0.251 e. The molecule has 0 fully saturated rings. The molecular formula is C10H12BrNO. The zero-order chi connectivity index (χ0) is 10.0. The molecule has 0 aromatic heterocycles. The van der Waals surface area contributed by atoms with Crippen molar-refractivity contribution in [2.24, 2.45) is 0 Å². The molecule has 1 aromatic carbocycles. The fraction of sp³-hybridized carbons (Fsp3) is 0.300. The molecule has 1 aromatic rings. The van der Waals surface area contributed by atoms with Crippen LogP contribution in [0.2, 0.25) is 0 Å². The molecule has 1 amide bonds. The van der Waals surface area contributed by atoms with Crippen LogP contribution in [0.5, 0.6) is 0 Å². The van der Waals surface area contributed by atoms with Gasteiger partial charge >= 0.3 is 0 Å². The number of rotatable bonds is 1. The predicted molar refractivity (Wildman–Crippen MR) is 57.0 cm³/mol. The number of aryl methyl sites for hydroxylation is 2. The lowest BCUT2D eigenvalue weighted by Crippen LogP contribution is -2.20. The third-order valence-corrected chi connectivity index (χ3v) is 2.41. The standard InChI is InChI=1S/C10H12BrNO/c1-6-4-8(11)5-7(2)9(6)10(13)12-3/h4-5H,1-3H3,(H,12,13). The Morgan fingerprint density at radius 3 is 2.15 bits per heavy atom. The zero-order valence-electron chi connectivity index (χ0n) is 7.94. The van der Waals surface area contributed by atoms with Crippen LogP contribution in [0.25, 0.3) is 0 Å². The van der Waals surface area contributed by atoms with Gasteiger partial charge in [0, 0.05) is 17.1 Å². The lowest BCUT2D eigenvalue weighted by atomic mass is 10.0. The van der Waals surface area contributed by atoms with Crippen molar-refractivity contribution in [3.05, 3.63) is 33.3 Å². The van der Waals surface area contributed by atoms with Crippen molar-refractivity contribution < 1.29 is 4.79 Å². The van der Waals surface area contributed by atoms with E-state index in [1.807, 2.05) is 26.0 Å². The van der Waals surface area contributed by atoms with Gasteiger partial charge < -0.3 is 5.32 Å². The van der Waals surface area contributed by atoms with Gasteiger partial charge in [0.1, 0.15) is 0 Å². The lowest BCUT2D eigenvalue weighted by Gasteiger charge is -2.08. The maximum atomic E-state index is 11.4. The van der Waals surface area contributed by atoms with Crippen molar-refractivity contribution in [1.82, 2.24) is 5.32 Å². The van der Waals surface area contributed by atoms with E-state index in [1.54, 1.807) is 7.05 Å². The Bertz CT molecular complexity index is 324. The summed E-state index contributed by atoms with van der Waals surface area (Å²) in [7, 11) is 1.64. The van der Waals surface area contributed by atoms with Crippen molar-refractivity contribution in [2.75, 3.05) is 7.05 Å². The summed E-state index contributed by atoms with van der Waals surface area (Å²) in [5, 5.41) is 2.63. The molecule has 1 N–H and O–H groups in total. The quantitative estimate of drug-likeness (QED) is 0.805. The highest BCUT2D eigenvalue weighted by atomic mass is 79.9. The Morgan fingerprint density at radius 1 is 1.31 bits per heavy atom. The first-order chi connectivity index (χ1) is 6.06. The lowest BCUT2D eigenvalue weighted by molar-refractivity contribution is 0.0962. The van der Waals surface area contributed by atoms with Crippen molar-refractivity contribution in [2.45, 2.75) is 13.8 Å². The molecule has 0 atom stereocenters. The van der Waals surface area contributed by atoms with Crippen LogP contribution in [-0.2, 0) is 0 Å². The number of halogens is 1. The van der Waals surface area contributed by atoms with Crippen LogP contribution in [0.3, 0.4) is 0 Å². The Balaban J connectivity index is 3.28. The Kier molecular flexibility index (Phi) is 3.09. The van der Waals surface area contributed by atoms with E-state index in [9.17, 15) is 4.79 Å². The van der Waals surface area contributed by atoms with E-state index in [-0.39, 0.29) is 5.91 Å². The third-order valence-electron chi connectivity index (χ3n) is 1.95. The van der Waals surface area contributed by atoms with Gasteiger partial charge in [-0.2, -0.15) is 0 Å². The Labute approximate surface area is 86.5 Å². The van der Waals surface area contributed by atoms with E-state index in [2.05, 4.69) is 21.2 Å². The first-order valence-corrected chi connectivity index (χ1v) is 4.84. The highest BCUT2D eigenvalue weighted by Crippen LogP contribution is 2.20. The number of benzene rings is 1. The normalized spacial score (nSPS) is 9.85. The molecular weight excluding hydrogens is 230 g/mol. The number of nitrogens with one attached hydrogen (secondary N) is 1. The van der Waals surface area contributed by atoms with Crippen LogP contribution in [0.1, 0.15) is 21.5 Å². The fourth-order valence-corrected chi connectivity index (χ4v) is 2.08. The molecule has 0 aliphatic carbocycles. The minimum Gasteiger partial charge on any atom is -0.355 e. The summed E-state index contributed by atoms with van der Waals surface area (Å²) in [6.07, 6.45) is 0. The summed E-state index contributed by atoms with van der Waals surface area (Å²) < 4.78 is 1.01. The van der Waals surface area contributed by atoms with Crippen molar-refractivity contribution >= 4 is 21.8 Å². The fourth-order valence-electron chi connectivity index (χ4n) is 1.39. The minimum absolute atomic E-state index is 0.0255. The van der Waals surface area contributed by atoms with Crippen LogP contribution in [0.4, 0.5) is 0 Å².